The number of thioether (sulfide) groups is 1. The summed E-state index contributed by atoms with van der Waals surface area (Å²) in [4.78, 5) is 0. The van der Waals surface area contributed by atoms with Gasteiger partial charge in [-0.05, 0) is 18.6 Å². The van der Waals surface area contributed by atoms with Crippen molar-refractivity contribution in [2.75, 3.05) is 5.75 Å². The van der Waals surface area contributed by atoms with Crippen LogP contribution in [-0.2, 0) is 6.54 Å². The first-order valence-corrected chi connectivity index (χ1v) is 6.15. The third-order valence-corrected chi connectivity index (χ3v) is 3.61. The monoisotopic (exact) mass is 235 g/mol. The van der Waals surface area contributed by atoms with Crippen molar-refractivity contribution in [3.8, 4) is 11.4 Å². The SMILES string of the molecule is Fc1cccc(-c2nnc3n2CCCS3)c1. The highest BCUT2D eigenvalue weighted by Crippen LogP contribution is 2.28. The lowest BCUT2D eigenvalue weighted by molar-refractivity contribution is 0.610. The lowest BCUT2D eigenvalue weighted by Crippen LogP contribution is -2.08. The number of hydrogen-bond donors (Lipinski definition) is 0. The lowest BCUT2D eigenvalue weighted by atomic mass is 10.2. The van der Waals surface area contributed by atoms with Gasteiger partial charge in [0.2, 0.25) is 0 Å². The fourth-order valence-electron chi connectivity index (χ4n) is 1.82. The van der Waals surface area contributed by atoms with E-state index in [1.807, 2.05) is 6.07 Å². The first kappa shape index (κ1) is 9.84. The molecule has 0 unspecified atom stereocenters. The van der Waals surface area contributed by atoms with Crippen LogP contribution in [0.5, 0.6) is 0 Å². The Kier molecular flexibility index (Phi) is 2.40. The van der Waals surface area contributed by atoms with E-state index in [0.717, 1.165) is 35.3 Å². The first-order chi connectivity index (χ1) is 7.84. The summed E-state index contributed by atoms with van der Waals surface area (Å²) in [6, 6.07) is 6.49. The smallest absolute Gasteiger partial charge is 0.191 e. The number of benzene rings is 1. The average molecular weight is 235 g/mol. The summed E-state index contributed by atoms with van der Waals surface area (Å²) in [6.45, 7) is 0.918. The van der Waals surface area contributed by atoms with E-state index in [9.17, 15) is 4.39 Å². The molecule has 2 aromatic rings. The summed E-state index contributed by atoms with van der Waals surface area (Å²) in [5, 5.41) is 9.19. The molecule has 1 aromatic heterocycles. The standard InChI is InChI=1S/C11H10FN3S/c12-9-4-1-3-8(7-9)10-13-14-11-15(10)5-2-6-16-11/h1,3-4,7H,2,5-6H2. The molecule has 0 saturated carbocycles. The molecule has 0 amide bonds. The van der Waals surface area contributed by atoms with Crippen molar-refractivity contribution >= 4 is 11.8 Å². The number of nitrogens with zero attached hydrogens (tertiary/aromatic N) is 3. The van der Waals surface area contributed by atoms with E-state index >= 15 is 0 Å². The van der Waals surface area contributed by atoms with Crippen molar-refractivity contribution in [1.29, 1.82) is 0 Å². The predicted octanol–water partition coefficient (Wildman–Crippen LogP) is 2.58. The van der Waals surface area contributed by atoms with Crippen LogP contribution in [0.4, 0.5) is 4.39 Å². The van der Waals surface area contributed by atoms with Crippen LogP contribution in [-0.4, -0.2) is 20.5 Å². The van der Waals surface area contributed by atoms with Crippen LogP contribution in [0, 0.1) is 5.82 Å². The maximum absolute atomic E-state index is 13.1. The number of fused-ring (bicyclic) bond motifs is 1. The minimum Gasteiger partial charge on any atom is -0.302 e. The minimum absolute atomic E-state index is 0.238. The molecule has 1 aliphatic rings. The van der Waals surface area contributed by atoms with Gasteiger partial charge in [-0.3, -0.25) is 0 Å². The number of hydrogen-bond acceptors (Lipinski definition) is 3. The maximum atomic E-state index is 13.1. The van der Waals surface area contributed by atoms with Crippen molar-refractivity contribution in [3.63, 3.8) is 0 Å². The fraction of sp³-hybridized carbons (Fsp3) is 0.273. The van der Waals surface area contributed by atoms with Crippen LogP contribution in [0.1, 0.15) is 6.42 Å². The van der Waals surface area contributed by atoms with Gasteiger partial charge in [0.15, 0.2) is 11.0 Å². The van der Waals surface area contributed by atoms with E-state index in [1.165, 1.54) is 12.1 Å². The van der Waals surface area contributed by atoms with Crippen molar-refractivity contribution in [1.82, 2.24) is 14.8 Å². The second kappa shape index (κ2) is 3.90. The highest BCUT2D eigenvalue weighted by Gasteiger charge is 2.17. The zero-order chi connectivity index (χ0) is 11.0. The Balaban J connectivity index is 2.09. The van der Waals surface area contributed by atoms with Gasteiger partial charge in [-0.1, -0.05) is 23.9 Å². The predicted molar refractivity (Wildman–Crippen MR) is 60.8 cm³/mol. The molecule has 0 fully saturated rings. The van der Waals surface area contributed by atoms with Crippen LogP contribution in [0.2, 0.25) is 0 Å². The van der Waals surface area contributed by atoms with Gasteiger partial charge < -0.3 is 4.57 Å². The summed E-state index contributed by atoms with van der Waals surface area (Å²) >= 11 is 1.70. The van der Waals surface area contributed by atoms with E-state index in [1.54, 1.807) is 17.8 Å². The van der Waals surface area contributed by atoms with E-state index < -0.39 is 0 Å². The second-order valence-electron chi connectivity index (χ2n) is 3.67. The summed E-state index contributed by atoms with van der Waals surface area (Å²) in [5.41, 5.74) is 0.793. The molecule has 0 saturated heterocycles. The molecule has 0 radical (unpaired) electrons. The maximum Gasteiger partial charge on any atom is 0.191 e. The molecule has 3 nitrogen and oxygen atoms in total. The van der Waals surface area contributed by atoms with E-state index in [0.29, 0.717) is 0 Å². The van der Waals surface area contributed by atoms with Gasteiger partial charge in [-0.25, -0.2) is 4.39 Å². The Morgan fingerprint density at radius 1 is 1.31 bits per heavy atom. The van der Waals surface area contributed by atoms with Crippen LogP contribution in [0.15, 0.2) is 29.4 Å². The Morgan fingerprint density at radius 3 is 3.12 bits per heavy atom. The third-order valence-electron chi connectivity index (χ3n) is 2.56. The first-order valence-electron chi connectivity index (χ1n) is 5.16. The third kappa shape index (κ3) is 1.61. The van der Waals surface area contributed by atoms with Crippen molar-refractivity contribution < 1.29 is 4.39 Å². The van der Waals surface area contributed by atoms with Gasteiger partial charge in [0, 0.05) is 17.9 Å². The quantitative estimate of drug-likeness (QED) is 0.761. The highest BCUT2D eigenvalue weighted by molar-refractivity contribution is 7.99. The zero-order valence-electron chi connectivity index (χ0n) is 8.56. The molecule has 5 heteroatoms. The van der Waals surface area contributed by atoms with Gasteiger partial charge >= 0.3 is 0 Å². The van der Waals surface area contributed by atoms with E-state index in [4.69, 9.17) is 0 Å². The molecule has 82 valence electrons. The summed E-state index contributed by atoms with van der Waals surface area (Å²) < 4.78 is 15.2. The molecule has 0 atom stereocenters. The molecule has 1 aromatic carbocycles. The Morgan fingerprint density at radius 2 is 2.25 bits per heavy atom. The molecule has 16 heavy (non-hydrogen) atoms. The fourth-order valence-corrected chi connectivity index (χ4v) is 2.71. The van der Waals surface area contributed by atoms with E-state index in [2.05, 4.69) is 14.8 Å². The zero-order valence-corrected chi connectivity index (χ0v) is 9.38. The largest absolute Gasteiger partial charge is 0.302 e. The minimum atomic E-state index is -0.238. The summed E-state index contributed by atoms with van der Waals surface area (Å²) in [7, 11) is 0. The van der Waals surface area contributed by atoms with Crippen LogP contribution < -0.4 is 0 Å². The van der Waals surface area contributed by atoms with Gasteiger partial charge in [-0.2, -0.15) is 0 Å². The molecular formula is C11H10FN3S. The Hall–Kier alpha value is -1.36. The lowest BCUT2D eigenvalue weighted by Gasteiger charge is -2.13. The van der Waals surface area contributed by atoms with Crippen LogP contribution in [0.25, 0.3) is 11.4 Å². The normalized spacial score (nSPS) is 14.8. The van der Waals surface area contributed by atoms with Gasteiger partial charge in [0.05, 0.1) is 0 Å². The number of rotatable bonds is 1. The van der Waals surface area contributed by atoms with Crippen molar-refractivity contribution in [2.45, 2.75) is 18.1 Å². The van der Waals surface area contributed by atoms with Crippen LogP contribution in [0.3, 0.4) is 0 Å². The summed E-state index contributed by atoms with van der Waals surface area (Å²) in [5.74, 6) is 1.61. The second-order valence-corrected chi connectivity index (χ2v) is 4.73. The summed E-state index contributed by atoms with van der Waals surface area (Å²) in [6.07, 6.45) is 1.11. The Labute approximate surface area is 96.7 Å². The number of aromatic nitrogens is 3. The molecule has 2 heterocycles. The van der Waals surface area contributed by atoms with Gasteiger partial charge in [-0.15, -0.1) is 10.2 Å². The molecule has 0 bridgehead atoms. The van der Waals surface area contributed by atoms with Crippen molar-refractivity contribution in [2.24, 2.45) is 0 Å². The van der Waals surface area contributed by atoms with E-state index in [-0.39, 0.29) is 5.82 Å². The van der Waals surface area contributed by atoms with Gasteiger partial charge in [0.25, 0.3) is 0 Å². The number of halogens is 1. The highest BCUT2D eigenvalue weighted by atomic mass is 32.2. The molecule has 0 spiro atoms. The molecule has 3 rings (SSSR count). The van der Waals surface area contributed by atoms with Crippen molar-refractivity contribution in [3.05, 3.63) is 30.1 Å². The molecule has 0 N–H and O–H groups in total. The molecular weight excluding hydrogens is 225 g/mol. The topological polar surface area (TPSA) is 30.7 Å². The van der Waals surface area contributed by atoms with Gasteiger partial charge in [0.1, 0.15) is 5.82 Å². The van der Waals surface area contributed by atoms with Crippen LogP contribution >= 0.6 is 11.8 Å². The molecule has 1 aliphatic heterocycles. The average Bonchev–Trinajstić information content (AvgIpc) is 2.72. The molecule has 0 aliphatic carbocycles. The Bertz CT molecular complexity index is 524.